The van der Waals surface area contributed by atoms with E-state index in [0.717, 1.165) is 6.07 Å². The van der Waals surface area contributed by atoms with Crippen molar-refractivity contribution in [1.82, 2.24) is 4.57 Å². The van der Waals surface area contributed by atoms with Gasteiger partial charge >= 0.3 is 12.1 Å². The van der Waals surface area contributed by atoms with Crippen molar-refractivity contribution in [3.8, 4) is 0 Å². The van der Waals surface area contributed by atoms with E-state index in [1.165, 1.54) is 29.8 Å². The first kappa shape index (κ1) is 13.5. The highest BCUT2D eigenvalue weighted by Crippen LogP contribution is 2.35. The number of benzene rings is 1. The number of carbonyl (C=O) groups is 1. The summed E-state index contributed by atoms with van der Waals surface area (Å²) in [5.41, 5.74) is -0.303. The fourth-order valence-corrected chi connectivity index (χ4v) is 2.01. The van der Waals surface area contributed by atoms with E-state index >= 15 is 0 Å². The third-order valence-corrected chi connectivity index (χ3v) is 2.88. The zero-order chi connectivity index (χ0) is 14.2. The molecule has 0 N–H and O–H groups in total. The molecule has 0 spiro atoms. The molecule has 0 aliphatic rings. The predicted octanol–water partition coefficient (Wildman–Crippen LogP) is 3.37. The van der Waals surface area contributed by atoms with Crippen molar-refractivity contribution < 1.29 is 22.7 Å². The van der Waals surface area contributed by atoms with Crippen LogP contribution in [0.3, 0.4) is 0 Å². The van der Waals surface area contributed by atoms with Gasteiger partial charge in [0.1, 0.15) is 5.69 Å². The van der Waals surface area contributed by atoms with E-state index in [0.29, 0.717) is 5.52 Å². The van der Waals surface area contributed by atoms with Gasteiger partial charge in [-0.2, -0.15) is 13.2 Å². The molecule has 2 aromatic rings. The first-order valence-corrected chi connectivity index (χ1v) is 5.69. The van der Waals surface area contributed by atoms with E-state index in [1.807, 2.05) is 0 Å². The molecule has 2 rings (SSSR count). The molecule has 0 fully saturated rings. The number of hydrogen-bond acceptors (Lipinski definition) is 2. The maximum atomic E-state index is 12.9. The molecule has 3 nitrogen and oxygen atoms in total. The molecule has 0 saturated carbocycles. The maximum Gasteiger partial charge on any atom is 0.417 e. The Morgan fingerprint density at radius 3 is 2.63 bits per heavy atom. The number of ether oxygens (including phenoxy) is 1. The predicted molar refractivity (Wildman–Crippen MR) is 63.9 cm³/mol. The van der Waals surface area contributed by atoms with Gasteiger partial charge in [0.05, 0.1) is 12.2 Å². The largest absolute Gasteiger partial charge is 0.461 e. The van der Waals surface area contributed by atoms with Gasteiger partial charge in [-0.05, 0) is 25.1 Å². The summed E-state index contributed by atoms with van der Waals surface area (Å²) in [6, 6.07) is 5.07. The Morgan fingerprint density at radius 2 is 2.05 bits per heavy atom. The van der Waals surface area contributed by atoms with Crippen LogP contribution in [0.15, 0.2) is 24.3 Å². The van der Waals surface area contributed by atoms with E-state index in [4.69, 9.17) is 4.74 Å². The molecular formula is C13H12F3NO2. The average Bonchev–Trinajstić information content (AvgIpc) is 2.66. The third kappa shape index (κ3) is 2.30. The summed E-state index contributed by atoms with van der Waals surface area (Å²) < 4.78 is 44.9. The summed E-state index contributed by atoms with van der Waals surface area (Å²) in [7, 11) is 1.54. The molecule has 0 bridgehead atoms. The minimum absolute atomic E-state index is 0.000512. The lowest BCUT2D eigenvalue weighted by Gasteiger charge is -2.07. The molecule has 0 aliphatic heterocycles. The highest BCUT2D eigenvalue weighted by Gasteiger charge is 2.33. The molecule has 0 saturated heterocycles. The van der Waals surface area contributed by atoms with Crippen LogP contribution in [0.1, 0.15) is 23.0 Å². The molecule has 0 amide bonds. The van der Waals surface area contributed by atoms with Crippen molar-refractivity contribution in [2.24, 2.45) is 7.05 Å². The molecule has 1 aromatic carbocycles. The minimum Gasteiger partial charge on any atom is -0.461 e. The second kappa shape index (κ2) is 4.60. The van der Waals surface area contributed by atoms with Gasteiger partial charge < -0.3 is 9.30 Å². The normalized spacial score (nSPS) is 11.8. The van der Waals surface area contributed by atoms with Crippen LogP contribution in [0, 0.1) is 0 Å². The smallest absolute Gasteiger partial charge is 0.417 e. The molecule has 0 atom stereocenters. The Morgan fingerprint density at radius 1 is 1.37 bits per heavy atom. The Labute approximate surface area is 107 Å². The second-order valence-corrected chi connectivity index (χ2v) is 4.05. The summed E-state index contributed by atoms with van der Waals surface area (Å²) in [5, 5.41) is 0.000512. The number of aryl methyl sites for hydroxylation is 1. The van der Waals surface area contributed by atoms with Crippen molar-refractivity contribution in [2.75, 3.05) is 6.61 Å². The number of esters is 1. The monoisotopic (exact) mass is 271 g/mol. The lowest BCUT2D eigenvalue weighted by atomic mass is 10.1. The average molecular weight is 271 g/mol. The Bertz CT molecular complexity index is 629. The number of aromatic nitrogens is 1. The molecule has 6 heteroatoms. The van der Waals surface area contributed by atoms with Gasteiger partial charge in [0.2, 0.25) is 0 Å². The summed E-state index contributed by atoms with van der Waals surface area (Å²) in [5.74, 6) is -0.630. The second-order valence-electron chi connectivity index (χ2n) is 4.05. The first-order chi connectivity index (χ1) is 8.86. The Kier molecular flexibility index (Phi) is 3.26. The number of rotatable bonds is 2. The van der Waals surface area contributed by atoms with Gasteiger partial charge in [0.25, 0.3) is 0 Å². The first-order valence-electron chi connectivity index (χ1n) is 5.69. The van der Waals surface area contributed by atoms with E-state index in [1.54, 1.807) is 6.92 Å². The highest BCUT2D eigenvalue weighted by molar-refractivity contribution is 5.96. The lowest BCUT2D eigenvalue weighted by molar-refractivity contribution is -0.136. The number of carbonyl (C=O) groups excluding carboxylic acids is 1. The Balaban J connectivity index is 2.66. The summed E-state index contributed by atoms with van der Waals surface area (Å²) >= 11 is 0. The summed E-state index contributed by atoms with van der Waals surface area (Å²) in [4.78, 5) is 11.7. The van der Waals surface area contributed by atoms with Crippen molar-refractivity contribution in [2.45, 2.75) is 13.1 Å². The van der Waals surface area contributed by atoms with Crippen LogP contribution in [-0.2, 0) is 18.0 Å². The fraction of sp³-hybridized carbons (Fsp3) is 0.308. The van der Waals surface area contributed by atoms with Crippen LogP contribution < -0.4 is 0 Å². The number of alkyl halides is 3. The fourth-order valence-electron chi connectivity index (χ4n) is 2.01. The van der Waals surface area contributed by atoms with Gasteiger partial charge in [-0.3, -0.25) is 0 Å². The molecular weight excluding hydrogens is 259 g/mol. The van der Waals surface area contributed by atoms with E-state index in [9.17, 15) is 18.0 Å². The van der Waals surface area contributed by atoms with Crippen LogP contribution >= 0.6 is 0 Å². The SMILES string of the molecule is CCOC(=O)c1cc2c(C(F)(F)F)cccc2n1C. The van der Waals surface area contributed by atoms with Gasteiger partial charge in [0, 0.05) is 18.0 Å². The molecule has 102 valence electrons. The maximum absolute atomic E-state index is 12.9. The quantitative estimate of drug-likeness (QED) is 0.784. The van der Waals surface area contributed by atoms with E-state index < -0.39 is 17.7 Å². The zero-order valence-corrected chi connectivity index (χ0v) is 10.4. The number of halogens is 3. The molecule has 0 radical (unpaired) electrons. The van der Waals surface area contributed by atoms with Crippen LogP contribution in [-0.4, -0.2) is 17.1 Å². The Hall–Kier alpha value is -1.98. The van der Waals surface area contributed by atoms with Gasteiger partial charge in [0.15, 0.2) is 0 Å². The molecule has 0 aliphatic carbocycles. The molecule has 19 heavy (non-hydrogen) atoms. The standard InChI is InChI=1S/C13H12F3NO2/c1-3-19-12(18)11-7-8-9(13(14,15)16)5-4-6-10(8)17(11)2/h4-7H,3H2,1-2H3. The van der Waals surface area contributed by atoms with Gasteiger partial charge in [-0.25, -0.2) is 4.79 Å². The van der Waals surface area contributed by atoms with Crippen LogP contribution in [0.5, 0.6) is 0 Å². The lowest BCUT2D eigenvalue weighted by Crippen LogP contribution is -2.09. The third-order valence-electron chi connectivity index (χ3n) is 2.88. The van der Waals surface area contributed by atoms with Gasteiger partial charge in [-0.1, -0.05) is 6.07 Å². The van der Waals surface area contributed by atoms with Crippen molar-refractivity contribution in [3.05, 3.63) is 35.5 Å². The summed E-state index contributed by atoms with van der Waals surface area (Å²) in [6.07, 6.45) is -4.45. The van der Waals surface area contributed by atoms with E-state index in [-0.39, 0.29) is 17.7 Å². The van der Waals surface area contributed by atoms with Crippen molar-refractivity contribution >= 4 is 16.9 Å². The highest BCUT2D eigenvalue weighted by atomic mass is 19.4. The van der Waals surface area contributed by atoms with Gasteiger partial charge in [-0.15, -0.1) is 0 Å². The molecule has 1 aromatic heterocycles. The summed E-state index contributed by atoms with van der Waals surface area (Å²) in [6.45, 7) is 1.81. The number of nitrogens with zero attached hydrogens (tertiary/aromatic N) is 1. The van der Waals surface area contributed by atoms with Crippen molar-refractivity contribution in [3.63, 3.8) is 0 Å². The zero-order valence-electron chi connectivity index (χ0n) is 10.4. The minimum atomic E-state index is -4.45. The molecule has 0 unspecified atom stereocenters. The van der Waals surface area contributed by atoms with E-state index in [2.05, 4.69) is 0 Å². The van der Waals surface area contributed by atoms with Crippen molar-refractivity contribution in [1.29, 1.82) is 0 Å². The number of fused-ring (bicyclic) bond motifs is 1. The van der Waals surface area contributed by atoms with Crippen LogP contribution in [0.25, 0.3) is 10.9 Å². The number of hydrogen-bond donors (Lipinski definition) is 0. The van der Waals surface area contributed by atoms with Crippen LogP contribution in [0.2, 0.25) is 0 Å². The molecule has 1 heterocycles. The van der Waals surface area contributed by atoms with Crippen LogP contribution in [0.4, 0.5) is 13.2 Å². The topological polar surface area (TPSA) is 31.2 Å².